The third kappa shape index (κ3) is 2.70. The molecule has 0 radical (unpaired) electrons. The summed E-state index contributed by atoms with van der Waals surface area (Å²) in [5.41, 5.74) is 8.77. The highest BCUT2D eigenvalue weighted by Crippen LogP contribution is 2.32. The molecule has 0 aliphatic carbocycles. The zero-order chi connectivity index (χ0) is 16.6. The number of pyridine rings is 1. The van der Waals surface area contributed by atoms with Crippen LogP contribution in [0, 0.1) is 5.92 Å². The van der Waals surface area contributed by atoms with Crippen LogP contribution in [0.25, 0.3) is 21.9 Å². The van der Waals surface area contributed by atoms with Gasteiger partial charge in [0.2, 0.25) is 5.95 Å². The number of aliphatic hydroxyl groups excluding tert-OH is 1. The summed E-state index contributed by atoms with van der Waals surface area (Å²) in [6.45, 7) is 5.78. The minimum absolute atomic E-state index is 0.0792. The Morgan fingerprint density at radius 1 is 1.26 bits per heavy atom. The molecule has 0 atom stereocenters. The lowest BCUT2D eigenvalue weighted by Crippen LogP contribution is -2.25. The van der Waals surface area contributed by atoms with Gasteiger partial charge in [0, 0.05) is 25.5 Å². The third-order valence-corrected chi connectivity index (χ3v) is 3.91. The lowest BCUT2D eigenvalue weighted by atomic mass is 10.1. The molecule has 6 heteroatoms. The van der Waals surface area contributed by atoms with E-state index in [9.17, 15) is 5.11 Å². The van der Waals surface area contributed by atoms with E-state index in [1.165, 1.54) is 0 Å². The molecule has 0 unspecified atom stereocenters. The first-order valence-electron chi connectivity index (χ1n) is 7.89. The van der Waals surface area contributed by atoms with E-state index in [4.69, 9.17) is 10.7 Å². The van der Waals surface area contributed by atoms with E-state index in [1.807, 2.05) is 30.1 Å². The second-order valence-corrected chi connectivity index (χ2v) is 6.27. The molecule has 0 aliphatic rings. The van der Waals surface area contributed by atoms with Gasteiger partial charge >= 0.3 is 0 Å². The van der Waals surface area contributed by atoms with Crippen molar-refractivity contribution in [2.24, 2.45) is 5.92 Å². The lowest BCUT2D eigenvalue weighted by molar-refractivity contribution is 0.303. The number of nitrogen functional groups attached to an aromatic ring is 1. The smallest absolute Gasteiger partial charge is 0.206 e. The standard InChI is InChI=1S/C17H23N5O/c1-11(2)10-22-15-12-6-4-5-7-13(12)19-16(18)14(15)20-17(22)21(3)8-9-23/h4-7,11,23H,8-10H2,1-3H3,(H2,18,19). The van der Waals surface area contributed by atoms with Gasteiger partial charge in [-0.05, 0) is 12.0 Å². The van der Waals surface area contributed by atoms with Crippen molar-refractivity contribution in [2.45, 2.75) is 20.4 Å². The third-order valence-electron chi connectivity index (χ3n) is 3.91. The van der Waals surface area contributed by atoms with Gasteiger partial charge < -0.3 is 20.3 Å². The van der Waals surface area contributed by atoms with E-state index >= 15 is 0 Å². The maximum Gasteiger partial charge on any atom is 0.206 e. The molecule has 23 heavy (non-hydrogen) atoms. The first-order valence-corrected chi connectivity index (χ1v) is 7.89. The van der Waals surface area contributed by atoms with Crippen molar-refractivity contribution in [1.29, 1.82) is 0 Å². The summed E-state index contributed by atoms with van der Waals surface area (Å²) < 4.78 is 2.19. The number of aliphatic hydroxyl groups is 1. The zero-order valence-electron chi connectivity index (χ0n) is 13.8. The Labute approximate surface area is 135 Å². The van der Waals surface area contributed by atoms with Crippen LogP contribution in [-0.4, -0.2) is 39.8 Å². The Hall–Kier alpha value is -2.34. The predicted octanol–water partition coefficient (Wildman–Crippen LogP) is 2.25. The lowest BCUT2D eigenvalue weighted by Gasteiger charge is -2.20. The summed E-state index contributed by atoms with van der Waals surface area (Å²) >= 11 is 0. The second kappa shape index (κ2) is 6.04. The van der Waals surface area contributed by atoms with E-state index in [0.29, 0.717) is 18.3 Å². The number of nitrogens with two attached hydrogens (primary N) is 1. The number of benzene rings is 1. The topological polar surface area (TPSA) is 80.2 Å². The average Bonchev–Trinajstić information content (AvgIpc) is 2.87. The fourth-order valence-electron chi connectivity index (χ4n) is 2.93. The Morgan fingerprint density at radius 3 is 2.70 bits per heavy atom. The molecule has 1 aromatic carbocycles. The summed E-state index contributed by atoms with van der Waals surface area (Å²) in [4.78, 5) is 11.2. The second-order valence-electron chi connectivity index (χ2n) is 6.27. The molecule has 3 rings (SSSR count). The van der Waals surface area contributed by atoms with Gasteiger partial charge in [0.25, 0.3) is 0 Å². The predicted molar refractivity (Wildman–Crippen MR) is 94.6 cm³/mol. The van der Waals surface area contributed by atoms with Gasteiger partial charge in [-0.2, -0.15) is 0 Å². The summed E-state index contributed by atoms with van der Waals surface area (Å²) in [7, 11) is 1.93. The zero-order valence-corrected chi connectivity index (χ0v) is 13.8. The van der Waals surface area contributed by atoms with E-state index in [1.54, 1.807) is 0 Å². The maximum absolute atomic E-state index is 9.26. The van der Waals surface area contributed by atoms with E-state index in [0.717, 1.165) is 34.4 Å². The number of fused-ring (bicyclic) bond motifs is 3. The van der Waals surface area contributed by atoms with Gasteiger partial charge in [0.05, 0.1) is 17.6 Å². The van der Waals surface area contributed by atoms with Gasteiger partial charge in [0.1, 0.15) is 5.52 Å². The van der Waals surface area contributed by atoms with Crippen molar-refractivity contribution in [3.8, 4) is 0 Å². The number of rotatable bonds is 5. The monoisotopic (exact) mass is 313 g/mol. The van der Waals surface area contributed by atoms with Crippen LogP contribution in [0.15, 0.2) is 24.3 Å². The van der Waals surface area contributed by atoms with E-state index in [2.05, 4.69) is 29.5 Å². The number of para-hydroxylation sites is 1. The Kier molecular flexibility index (Phi) is 4.09. The largest absolute Gasteiger partial charge is 0.395 e. The molecular formula is C17H23N5O. The number of hydrogen-bond acceptors (Lipinski definition) is 5. The quantitative estimate of drug-likeness (QED) is 0.755. The first-order chi connectivity index (χ1) is 11.0. The summed E-state index contributed by atoms with van der Waals surface area (Å²) in [6.07, 6.45) is 0. The van der Waals surface area contributed by atoms with Crippen LogP contribution in [0.3, 0.4) is 0 Å². The highest BCUT2D eigenvalue weighted by atomic mass is 16.3. The number of aromatic nitrogens is 3. The molecule has 0 amide bonds. The molecule has 6 nitrogen and oxygen atoms in total. The Bertz CT molecular complexity index is 840. The Morgan fingerprint density at radius 2 is 2.00 bits per heavy atom. The maximum atomic E-state index is 9.26. The number of imidazole rings is 1. The van der Waals surface area contributed by atoms with E-state index in [-0.39, 0.29) is 6.61 Å². The number of anilines is 2. The van der Waals surface area contributed by atoms with Crippen LogP contribution in [0.2, 0.25) is 0 Å². The molecule has 3 aromatic rings. The summed E-state index contributed by atoms with van der Waals surface area (Å²) in [5.74, 6) is 1.72. The van der Waals surface area contributed by atoms with Crippen LogP contribution in [0.1, 0.15) is 13.8 Å². The summed E-state index contributed by atoms with van der Waals surface area (Å²) in [5, 5.41) is 10.3. The fourth-order valence-corrected chi connectivity index (χ4v) is 2.93. The van der Waals surface area contributed by atoms with Crippen LogP contribution in [-0.2, 0) is 6.54 Å². The Balaban J connectivity index is 2.36. The van der Waals surface area contributed by atoms with Crippen LogP contribution in [0.5, 0.6) is 0 Å². The molecule has 0 saturated heterocycles. The van der Waals surface area contributed by atoms with Crippen LogP contribution >= 0.6 is 0 Å². The van der Waals surface area contributed by atoms with Gasteiger partial charge in [-0.3, -0.25) is 0 Å². The van der Waals surface area contributed by atoms with Gasteiger partial charge in [-0.1, -0.05) is 32.0 Å². The van der Waals surface area contributed by atoms with Crippen molar-refractivity contribution in [1.82, 2.24) is 14.5 Å². The number of likely N-dealkylation sites (N-methyl/N-ethyl adjacent to an activating group) is 1. The molecule has 0 bridgehead atoms. The highest BCUT2D eigenvalue weighted by Gasteiger charge is 2.19. The van der Waals surface area contributed by atoms with Gasteiger partial charge in [0.15, 0.2) is 5.82 Å². The molecule has 122 valence electrons. The van der Waals surface area contributed by atoms with Gasteiger partial charge in [-0.25, -0.2) is 9.97 Å². The average molecular weight is 313 g/mol. The number of hydrogen-bond donors (Lipinski definition) is 2. The highest BCUT2D eigenvalue weighted by molar-refractivity contribution is 6.07. The number of nitrogens with zero attached hydrogens (tertiary/aromatic N) is 4. The van der Waals surface area contributed by atoms with Crippen molar-refractivity contribution in [3.63, 3.8) is 0 Å². The summed E-state index contributed by atoms with van der Waals surface area (Å²) in [6, 6.07) is 7.99. The van der Waals surface area contributed by atoms with Crippen molar-refractivity contribution >= 4 is 33.7 Å². The van der Waals surface area contributed by atoms with Crippen molar-refractivity contribution in [2.75, 3.05) is 30.8 Å². The van der Waals surface area contributed by atoms with Gasteiger partial charge in [-0.15, -0.1) is 0 Å². The molecule has 0 spiro atoms. The first kappa shape index (κ1) is 15.6. The molecule has 2 aromatic heterocycles. The molecule has 0 fully saturated rings. The van der Waals surface area contributed by atoms with E-state index < -0.39 is 0 Å². The minimum Gasteiger partial charge on any atom is -0.395 e. The van der Waals surface area contributed by atoms with Crippen LogP contribution in [0.4, 0.5) is 11.8 Å². The molecule has 0 aliphatic heterocycles. The van der Waals surface area contributed by atoms with Crippen LogP contribution < -0.4 is 10.6 Å². The SMILES string of the molecule is CC(C)Cn1c(N(C)CCO)nc2c(N)nc3ccccc3c21. The minimum atomic E-state index is 0.0792. The molecule has 2 heterocycles. The van der Waals surface area contributed by atoms with Crippen molar-refractivity contribution in [3.05, 3.63) is 24.3 Å². The normalized spacial score (nSPS) is 11.7. The molecule has 3 N–H and O–H groups in total. The molecular weight excluding hydrogens is 290 g/mol. The van der Waals surface area contributed by atoms with Crippen molar-refractivity contribution < 1.29 is 5.11 Å². The molecule has 0 saturated carbocycles. The fraction of sp³-hybridized carbons (Fsp3) is 0.412.